The maximum Gasteiger partial charge on any atom is 0.244 e. The van der Waals surface area contributed by atoms with E-state index in [2.05, 4.69) is 10.3 Å². The third kappa shape index (κ3) is 2.75. The predicted octanol–water partition coefficient (Wildman–Crippen LogP) is 0.683. The van der Waals surface area contributed by atoms with Gasteiger partial charge in [0.1, 0.15) is 6.04 Å². The first kappa shape index (κ1) is 15.7. The van der Waals surface area contributed by atoms with Crippen molar-refractivity contribution < 1.29 is 13.2 Å². The lowest BCUT2D eigenvalue weighted by Crippen LogP contribution is -2.45. The molecule has 1 unspecified atom stereocenters. The zero-order valence-corrected chi connectivity index (χ0v) is 13.7. The summed E-state index contributed by atoms with van der Waals surface area (Å²) >= 11 is 0. The summed E-state index contributed by atoms with van der Waals surface area (Å²) in [7, 11) is -2.13. The van der Waals surface area contributed by atoms with Gasteiger partial charge in [0.15, 0.2) is 0 Å². The molecule has 1 aliphatic heterocycles. The lowest BCUT2D eigenvalue weighted by molar-refractivity contribution is -0.124. The Morgan fingerprint density at radius 1 is 1.30 bits per heavy atom. The second kappa shape index (κ2) is 5.78. The van der Waals surface area contributed by atoms with E-state index in [1.165, 1.54) is 11.4 Å². The monoisotopic (exact) mass is 334 g/mol. The van der Waals surface area contributed by atoms with Crippen LogP contribution in [0, 0.1) is 6.92 Å². The van der Waals surface area contributed by atoms with E-state index in [0.717, 1.165) is 5.56 Å². The number of fused-ring (bicyclic) bond motifs is 1. The third-order valence-electron chi connectivity index (χ3n) is 4.00. The molecule has 1 aromatic heterocycles. The van der Waals surface area contributed by atoms with Crippen LogP contribution in [0.1, 0.15) is 17.3 Å². The van der Waals surface area contributed by atoms with Crippen molar-refractivity contribution in [3.8, 4) is 0 Å². The van der Waals surface area contributed by atoms with Crippen molar-refractivity contribution in [3.05, 3.63) is 48.0 Å². The molecule has 0 radical (unpaired) electrons. The van der Waals surface area contributed by atoms with Gasteiger partial charge in [0.25, 0.3) is 0 Å². The highest BCUT2D eigenvalue weighted by Gasteiger charge is 2.36. The molecule has 1 N–H and O–H groups in total. The number of carbonyl (C=O) groups excluding carboxylic acids is 1. The second-order valence-corrected chi connectivity index (χ2v) is 7.47. The molecule has 0 bridgehead atoms. The summed E-state index contributed by atoms with van der Waals surface area (Å²) in [5.41, 5.74) is 1.68. The van der Waals surface area contributed by atoms with Gasteiger partial charge in [-0.2, -0.15) is 4.31 Å². The molecule has 0 saturated heterocycles. The maximum atomic E-state index is 12.9. The SMILES string of the molecule is CNC(=O)C1CN(S(=O)(=O)c2ccc(C)cc2)Cc2cncn21. The Morgan fingerprint density at radius 3 is 2.65 bits per heavy atom. The van der Waals surface area contributed by atoms with Gasteiger partial charge in [0, 0.05) is 19.8 Å². The molecular formula is C15H18N4O3S. The molecule has 8 heteroatoms. The molecule has 2 heterocycles. The summed E-state index contributed by atoms with van der Waals surface area (Å²) < 4.78 is 28.8. The van der Waals surface area contributed by atoms with Crippen LogP contribution in [0.25, 0.3) is 0 Å². The average Bonchev–Trinajstić information content (AvgIpc) is 3.02. The van der Waals surface area contributed by atoms with Gasteiger partial charge in [0.2, 0.25) is 15.9 Å². The highest BCUT2D eigenvalue weighted by atomic mass is 32.2. The molecule has 1 atom stereocenters. The lowest BCUT2D eigenvalue weighted by Gasteiger charge is -2.32. The molecule has 3 rings (SSSR count). The Balaban J connectivity index is 1.98. The van der Waals surface area contributed by atoms with Crippen molar-refractivity contribution in [1.82, 2.24) is 19.2 Å². The smallest absolute Gasteiger partial charge is 0.244 e. The Labute approximate surface area is 135 Å². The van der Waals surface area contributed by atoms with Gasteiger partial charge < -0.3 is 9.88 Å². The van der Waals surface area contributed by atoms with Crippen LogP contribution in [-0.4, -0.2) is 41.8 Å². The van der Waals surface area contributed by atoms with Crippen molar-refractivity contribution in [2.75, 3.05) is 13.6 Å². The van der Waals surface area contributed by atoms with Crippen LogP contribution in [0.15, 0.2) is 41.7 Å². The number of sulfonamides is 1. The summed E-state index contributed by atoms with van der Waals surface area (Å²) in [4.78, 5) is 16.4. The minimum atomic E-state index is -3.66. The fourth-order valence-corrected chi connectivity index (χ4v) is 4.10. The molecule has 1 amide bonds. The Morgan fingerprint density at radius 2 is 2.00 bits per heavy atom. The zero-order valence-electron chi connectivity index (χ0n) is 12.9. The molecule has 1 aliphatic rings. The van der Waals surface area contributed by atoms with Crippen LogP contribution in [0.3, 0.4) is 0 Å². The number of likely N-dealkylation sites (N-methyl/N-ethyl adjacent to an activating group) is 1. The number of aryl methyl sites for hydroxylation is 1. The summed E-state index contributed by atoms with van der Waals surface area (Å²) in [6, 6.07) is 6.08. The Kier molecular flexibility index (Phi) is 3.95. The van der Waals surface area contributed by atoms with E-state index in [9.17, 15) is 13.2 Å². The number of carbonyl (C=O) groups is 1. The van der Waals surface area contributed by atoms with Gasteiger partial charge in [-0.1, -0.05) is 17.7 Å². The normalized spacial score (nSPS) is 18.4. The van der Waals surface area contributed by atoms with Gasteiger partial charge in [-0.15, -0.1) is 0 Å². The van der Waals surface area contributed by atoms with E-state index in [1.54, 1.807) is 41.4 Å². The first-order chi connectivity index (χ1) is 10.9. The maximum absolute atomic E-state index is 12.9. The first-order valence-electron chi connectivity index (χ1n) is 7.22. The van der Waals surface area contributed by atoms with Crippen molar-refractivity contribution in [1.29, 1.82) is 0 Å². The van der Waals surface area contributed by atoms with Gasteiger partial charge >= 0.3 is 0 Å². The molecule has 2 aromatic rings. The van der Waals surface area contributed by atoms with E-state index in [-0.39, 0.29) is 23.9 Å². The fourth-order valence-electron chi connectivity index (χ4n) is 2.68. The topological polar surface area (TPSA) is 84.3 Å². The number of nitrogens with zero attached hydrogens (tertiary/aromatic N) is 3. The molecule has 122 valence electrons. The number of hydrogen-bond donors (Lipinski definition) is 1. The van der Waals surface area contributed by atoms with E-state index in [1.807, 2.05) is 6.92 Å². The van der Waals surface area contributed by atoms with Crippen LogP contribution < -0.4 is 5.32 Å². The molecule has 0 aliphatic carbocycles. The molecular weight excluding hydrogens is 316 g/mol. The first-order valence-corrected chi connectivity index (χ1v) is 8.66. The average molecular weight is 334 g/mol. The number of nitrogens with one attached hydrogen (secondary N) is 1. The number of rotatable bonds is 3. The van der Waals surface area contributed by atoms with Gasteiger partial charge in [0.05, 0.1) is 23.5 Å². The van der Waals surface area contributed by atoms with E-state index in [4.69, 9.17) is 0 Å². The molecule has 1 aromatic carbocycles. The van der Waals surface area contributed by atoms with Crippen molar-refractivity contribution >= 4 is 15.9 Å². The number of aromatic nitrogens is 2. The fraction of sp³-hybridized carbons (Fsp3) is 0.333. The second-order valence-electron chi connectivity index (χ2n) is 5.53. The molecule has 23 heavy (non-hydrogen) atoms. The van der Waals surface area contributed by atoms with Crippen molar-refractivity contribution in [2.24, 2.45) is 0 Å². The van der Waals surface area contributed by atoms with E-state index >= 15 is 0 Å². The minimum Gasteiger partial charge on any atom is -0.357 e. The quantitative estimate of drug-likeness (QED) is 0.895. The minimum absolute atomic E-state index is 0.0826. The summed E-state index contributed by atoms with van der Waals surface area (Å²) in [5.74, 6) is -0.243. The standard InChI is InChI=1S/C15H18N4O3S/c1-11-3-5-13(6-4-11)23(21,22)18-8-12-7-17-10-19(12)14(9-18)15(20)16-2/h3-7,10,14H,8-9H2,1-2H3,(H,16,20). The Hall–Kier alpha value is -2.19. The number of amides is 1. The largest absolute Gasteiger partial charge is 0.357 e. The van der Waals surface area contributed by atoms with Crippen LogP contribution in [0.5, 0.6) is 0 Å². The molecule has 7 nitrogen and oxygen atoms in total. The van der Waals surface area contributed by atoms with Crippen LogP contribution in [-0.2, 0) is 21.4 Å². The number of hydrogen-bond acceptors (Lipinski definition) is 4. The van der Waals surface area contributed by atoms with Crippen molar-refractivity contribution in [3.63, 3.8) is 0 Å². The summed E-state index contributed by atoms with van der Waals surface area (Å²) in [6.45, 7) is 2.18. The Bertz CT molecular complexity index is 827. The summed E-state index contributed by atoms with van der Waals surface area (Å²) in [5, 5.41) is 2.58. The number of imidazole rings is 1. The molecule has 0 spiro atoms. The van der Waals surface area contributed by atoms with Gasteiger partial charge in [-0.3, -0.25) is 4.79 Å². The molecule has 0 saturated carbocycles. The van der Waals surface area contributed by atoms with Gasteiger partial charge in [-0.25, -0.2) is 13.4 Å². The van der Waals surface area contributed by atoms with Crippen LogP contribution in [0.4, 0.5) is 0 Å². The van der Waals surface area contributed by atoms with Crippen LogP contribution in [0.2, 0.25) is 0 Å². The predicted molar refractivity (Wildman–Crippen MR) is 84.1 cm³/mol. The number of benzene rings is 1. The van der Waals surface area contributed by atoms with Crippen molar-refractivity contribution in [2.45, 2.75) is 24.4 Å². The van der Waals surface area contributed by atoms with Gasteiger partial charge in [-0.05, 0) is 19.1 Å². The summed E-state index contributed by atoms with van der Waals surface area (Å²) in [6.07, 6.45) is 3.15. The van der Waals surface area contributed by atoms with E-state index < -0.39 is 16.1 Å². The molecule has 0 fully saturated rings. The highest BCUT2D eigenvalue weighted by Crippen LogP contribution is 2.26. The zero-order chi connectivity index (χ0) is 16.6. The third-order valence-corrected chi connectivity index (χ3v) is 5.83. The highest BCUT2D eigenvalue weighted by molar-refractivity contribution is 7.89. The lowest BCUT2D eigenvalue weighted by atomic mass is 10.2. The van der Waals surface area contributed by atoms with Crippen LogP contribution >= 0.6 is 0 Å². The van der Waals surface area contributed by atoms with E-state index in [0.29, 0.717) is 5.69 Å².